The fourth-order valence-electron chi connectivity index (χ4n) is 4.31. The molecule has 0 atom stereocenters. The summed E-state index contributed by atoms with van der Waals surface area (Å²) in [5.41, 5.74) is 2.54. The van der Waals surface area contributed by atoms with Gasteiger partial charge >= 0.3 is 6.03 Å². The number of carbonyl (C=O) groups excluding carboxylic acids is 2. The second kappa shape index (κ2) is 11.6. The third-order valence-corrected chi connectivity index (χ3v) is 6.09. The Balaban J connectivity index is 1.47. The van der Waals surface area contributed by atoms with Crippen LogP contribution in [0.25, 0.3) is 27.7 Å². The van der Waals surface area contributed by atoms with Crippen molar-refractivity contribution >= 4 is 34.2 Å². The van der Waals surface area contributed by atoms with Gasteiger partial charge in [0.15, 0.2) is 0 Å². The Morgan fingerprint density at radius 1 is 0.872 bits per heavy atom. The quantitative estimate of drug-likeness (QED) is 0.226. The van der Waals surface area contributed by atoms with Crippen molar-refractivity contribution in [3.05, 3.63) is 108 Å². The molecule has 3 amide bonds. The zero-order chi connectivity index (χ0) is 27.2. The summed E-state index contributed by atoms with van der Waals surface area (Å²) in [7, 11) is 0. The van der Waals surface area contributed by atoms with Crippen molar-refractivity contribution in [2.75, 3.05) is 23.8 Å². The first-order valence-corrected chi connectivity index (χ1v) is 12.4. The van der Waals surface area contributed by atoms with E-state index >= 15 is 0 Å². The highest BCUT2D eigenvalue weighted by molar-refractivity contribution is 6.06. The summed E-state index contributed by atoms with van der Waals surface area (Å²) in [5.74, 6) is -0.363. The number of aromatic nitrogens is 2. The van der Waals surface area contributed by atoms with Crippen molar-refractivity contribution in [3.8, 4) is 16.9 Å². The predicted octanol–water partition coefficient (Wildman–Crippen LogP) is 5.13. The minimum absolute atomic E-state index is 0.0968. The Kier molecular flexibility index (Phi) is 7.60. The molecule has 0 fully saturated rings. The largest absolute Gasteiger partial charge is 0.395 e. The highest BCUT2D eigenvalue weighted by Gasteiger charge is 2.17. The van der Waals surface area contributed by atoms with E-state index in [1.165, 1.54) is 10.7 Å². The van der Waals surface area contributed by atoms with Crippen molar-refractivity contribution in [1.82, 2.24) is 15.1 Å². The van der Waals surface area contributed by atoms with Gasteiger partial charge in [-0.05, 0) is 41.3 Å². The molecule has 39 heavy (non-hydrogen) atoms. The average molecular weight is 524 g/mol. The Labute approximate surface area is 224 Å². The highest BCUT2D eigenvalue weighted by Crippen LogP contribution is 2.28. The molecule has 0 aliphatic carbocycles. The lowest BCUT2D eigenvalue weighted by atomic mass is 10.1. The minimum Gasteiger partial charge on any atom is -0.395 e. The van der Waals surface area contributed by atoms with Crippen LogP contribution in [-0.4, -0.2) is 40.0 Å². The van der Waals surface area contributed by atoms with Crippen molar-refractivity contribution in [2.45, 2.75) is 6.42 Å². The summed E-state index contributed by atoms with van der Waals surface area (Å²) in [5, 5.41) is 23.8. The van der Waals surface area contributed by atoms with Gasteiger partial charge in [-0.1, -0.05) is 60.7 Å². The number of nitrogens with one attached hydrogen (secondary N) is 3. The Morgan fingerprint density at radius 2 is 1.64 bits per heavy atom. The number of hydrogen-bond donors (Lipinski definition) is 4. The van der Waals surface area contributed by atoms with E-state index in [9.17, 15) is 14.0 Å². The molecule has 196 valence electrons. The molecule has 0 saturated carbocycles. The summed E-state index contributed by atoms with van der Waals surface area (Å²) in [4.78, 5) is 25.3. The number of anilines is 2. The van der Waals surface area contributed by atoms with Crippen LogP contribution in [0.2, 0.25) is 0 Å². The van der Waals surface area contributed by atoms with E-state index in [-0.39, 0.29) is 31.0 Å². The molecule has 1 aromatic heterocycles. The van der Waals surface area contributed by atoms with Crippen molar-refractivity contribution in [1.29, 1.82) is 0 Å². The third kappa shape index (κ3) is 5.94. The summed E-state index contributed by atoms with van der Waals surface area (Å²) in [6.07, 6.45) is 0.0968. The zero-order valence-electron chi connectivity index (χ0n) is 20.9. The number of carbonyl (C=O) groups is 2. The molecular formula is C30H26FN5O3. The molecule has 1 heterocycles. The second-order valence-corrected chi connectivity index (χ2v) is 8.83. The summed E-state index contributed by atoms with van der Waals surface area (Å²) < 4.78 is 16.1. The number of urea groups is 1. The summed E-state index contributed by atoms with van der Waals surface area (Å²) in [6.45, 7) is 0.0251. The van der Waals surface area contributed by atoms with Crippen LogP contribution in [0.4, 0.5) is 20.7 Å². The van der Waals surface area contributed by atoms with E-state index in [0.717, 1.165) is 10.8 Å². The van der Waals surface area contributed by atoms with Crippen LogP contribution >= 0.6 is 0 Å². The van der Waals surface area contributed by atoms with Crippen LogP contribution in [0.1, 0.15) is 5.56 Å². The lowest BCUT2D eigenvalue weighted by Crippen LogP contribution is -2.27. The van der Waals surface area contributed by atoms with Gasteiger partial charge in [-0.2, -0.15) is 5.10 Å². The van der Waals surface area contributed by atoms with Crippen LogP contribution < -0.4 is 16.0 Å². The predicted molar refractivity (Wildman–Crippen MR) is 149 cm³/mol. The normalized spacial score (nSPS) is 10.8. The fraction of sp³-hybridized carbons (Fsp3) is 0.100. The summed E-state index contributed by atoms with van der Waals surface area (Å²) >= 11 is 0. The molecule has 9 heteroatoms. The maximum Gasteiger partial charge on any atom is 0.324 e. The molecule has 5 aromatic rings. The maximum absolute atomic E-state index is 14.6. The molecule has 0 spiro atoms. The van der Waals surface area contributed by atoms with Gasteiger partial charge in [0.25, 0.3) is 0 Å². The fourth-order valence-corrected chi connectivity index (χ4v) is 4.31. The van der Waals surface area contributed by atoms with Gasteiger partial charge in [0, 0.05) is 23.6 Å². The van der Waals surface area contributed by atoms with Gasteiger partial charge in [0.05, 0.1) is 30.1 Å². The lowest BCUT2D eigenvalue weighted by molar-refractivity contribution is -0.120. The van der Waals surface area contributed by atoms with Crippen LogP contribution in [0.3, 0.4) is 0 Å². The van der Waals surface area contributed by atoms with Crippen molar-refractivity contribution in [3.63, 3.8) is 0 Å². The third-order valence-electron chi connectivity index (χ3n) is 6.09. The number of halogens is 1. The highest BCUT2D eigenvalue weighted by atomic mass is 19.1. The van der Waals surface area contributed by atoms with Gasteiger partial charge in [-0.3, -0.25) is 10.1 Å². The number of fused-ring (bicyclic) bond motifs is 1. The van der Waals surface area contributed by atoms with Crippen LogP contribution in [0.5, 0.6) is 0 Å². The SMILES string of the molecule is O=C(Cc1cccc(-n2nc(-c3ccccc3F)cc2NC(=O)Nc2cccc3ccccc23)c1)NCCO. The average Bonchev–Trinajstić information content (AvgIpc) is 3.35. The molecular weight excluding hydrogens is 497 g/mol. The molecule has 8 nitrogen and oxygen atoms in total. The standard InChI is InChI=1S/C30H26FN5O3/c31-25-13-4-3-12-24(25)27-19-28(34-30(39)33-26-14-6-9-21-8-1-2-11-23(21)26)36(35-27)22-10-5-7-20(17-22)18-29(38)32-15-16-37/h1-14,17,19,37H,15-16,18H2,(H,32,38)(H2,33,34,39). The number of hydrogen-bond acceptors (Lipinski definition) is 4. The molecule has 4 N–H and O–H groups in total. The van der Waals surface area contributed by atoms with Crippen LogP contribution in [0, 0.1) is 5.82 Å². The number of rotatable bonds is 8. The van der Waals surface area contributed by atoms with Gasteiger partial charge in [0.2, 0.25) is 5.91 Å². The number of benzene rings is 4. The Morgan fingerprint density at radius 3 is 2.49 bits per heavy atom. The topological polar surface area (TPSA) is 108 Å². The van der Waals surface area contributed by atoms with E-state index in [1.807, 2.05) is 42.5 Å². The maximum atomic E-state index is 14.6. The first kappa shape index (κ1) is 25.6. The summed E-state index contributed by atoms with van der Waals surface area (Å²) in [6, 6.07) is 27.8. The van der Waals surface area contributed by atoms with Crippen LogP contribution in [0.15, 0.2) is 97.1 Å². The zero-order valence-corrected chi connectivity index (χ0v) is 20.9. The molecule has 5 rings (SSSR count). The van der Waals surface area contributed by atoms with E-state index in [2.05, 4.69) is 21.0 Å². The molecule has 0 aliphatic rings. The molecule has 0 unspecified atom stereocenters. The first-order chi connectivity index (χ1) is 19.0. The molecule has 0 radical (unpaired) electrons. The number of aliphatic hydroxyl groups excluding tert-OH is 1. The Hall–Kier alpha value is -5.02. The smallest absolute Gasteiger partial charge is 0.324 e. The molecule has 4 aromatic carbocycles. The van der Waals surface area contributed by atoms with E-state index in [0.29, 0.717) is 28.5 Å². The van der Waals surface area contributed by atoms with Gasteiger partial charge in [0.1, 0.15) is 11.6 Å². The van der Waals surface area contributed by atoms with E-state index in [1.54, 1.807) is 48.5 Å². The van der Waals surface area contributed by atoms with E-state index in [4.69, 9.17) is 5.11 Å². The van der Waals surface area contributed by atoms with Gasteiger partial charge in [-0.25, -0.2) is 13.9 Å². The number of nitrogens with zero attached hydrogens (tertiary/aromatic N) is 2. The van der Waals surface area contributed by atoms with Crippen molar-refractivity contribution < 1.29 is 19.1 Å². The first-order valence-electron chi connectivity index (χ1n) is 12.4. The number of amides is 3. The van der Waals surface area contributed by atoms with Crippen LogP contribution in [-0.2, 0) is 11.2 Å². The van der Waals surface area contributed by atoms with Crippen molar-refractivity contribution in [2.24, 2.45) is 0 Å². The second-order valence-electron chi connectivity index (χ2n) is 8.83. The van der Waals surface area contributed by atoms with Gasteiger partial charge in [-0.15, -0.1) is 0 Å². The molecule has 0 saturated heterocycles. The minimum atomic E-state index is -0.493. The molecule has 0 aliphatic heterocycles. The number of aliphatic hydroxyl groups is 1. The lowest BCUT2D eigenvalue weighted by Gasteiger charge is -2.12. The van der Waals surface area contributed by atoms with Gasteiger partial charge < -0.3 is 15.7 Å². The molecule has 0 bridgehead atoms. The Bertz CT molecular complexity index is 1640. The monoisotopic (exact) mass is 523 g/mol. The van der Waals surface area contributed by atoms with E-state index < -0.39 is 11.8 Å².